The molecule has 0 aliphatic heterocycles. The van der Waals surface area contributed by atoms with Crippen LogP contribution in [0.3, 0.4) is 0 Å². The van der Waals surface area contributed by atoms with Crippen molar-refractivity contribution in [2.24, 2.45) is 0 Å². The standard InChI is InChI=1S/C37H70O6/c1-4-7-10-13-15-17-19-21-24-27-30-36(39)42-33-34(32-41-35(38)29-26-23-12-9-6-3)43-37(40)31-28-25-22-20-18-16-14-11-8-5-2/h34H,4-33H2,1-3H3. The molecule has 0 bridgehead atoms. The predicted molar refractivity (Wildman–Crippen MR) is 178 cm³/mol. The Balaban J connectivity index is 4.29. The van der Waals surface area contributed by atoms with Gasteiger partial charge in [0.2, 0.25) is 0 Å². The van der Waals surface area contributed by atoms with Crippen LogP contribution in [0.1, 0.15) is 201 Å². The molecule has 1 unspecified atom stereocenters. The zero-order chi connectivity index (χ0) is 31.6. The summed E-state index contributed by atoms with van der Waals surface area (Å²) < 4.78 is 16.5. The molecule has 6 heteroatoms. The lowest BCUT2D eigenvalue weighted by atomic mass is 10.1. The van der Waals surface area contributed by atoms with E-state index in [4.69, 9.17) is 14.2 Å². The monoisotopic (exact) mass is 611 g/mol. The molecule has 0 aliphatic carbocycles. The summed E-state index contributed by atoms with van der Waals surface area (Å²) in [6.45, 7) is 6.51. The highest BCUT2D eigenvalue weighted by Crippen LogP contribution is 2.14. The first-order chi connectivity index (χ1) is 21.0. The van der Waals surface area contributed by atoms with Crippen molar-refractivity contribution in [3.05, 3.63) is 0 Å². The molecule has 0 N–H and O–H groups in total. The van der Waals surface area contributed by atoms with Crippen LogP contribution in [0.4, 0.5) is 0 Å². The molecular weight excluding hydrogens is 540 g/mol. The first-order valence-electron chi connectivity index (χ1n) is 18.5. The average molecular weight is 611 g/mol. The van der Waals surface area contributed by atoms with Gasteiger partial charge in [0, 0.05) is 19.3 Å². The van der Waals surface area contributed by atoms with Gasteiger partial charge in [-0.1, -0.05) is 162 Å². The van der Waals surface area contributed by atoms with E-state index in [0.717, 1.165) is 64.2 Å². The Hall–Kier alpha value is -1.59. The Bertz CT molecular complexity index is 635. The van der Waals surface area contributed by atoms with Crippen LogP contribution in [0, 0.1) is 0 Å². The first kappa shape index (κ1) is 41.4. The molecule has 1 atom stereocenters. The van der Waals surface area contributed by atoms with Crippen molar-refractivity contribution in [2.75, 3.05) is 13.2 Å². The molecule has 0 aromatic heterocycles. The molecule has 43 heavy (non-hydrogen) atoms. The zero-order valence-corrected chi connectivity index (χ0v) is 28.7. The molecule has 0 spiro atoms. The van der Waals surface area contributed by atoms with E-state index in [1.54, 1.807) is 0 Å². The maximum Gasteiger partial charge on any atom is 0.306 e. The normalized spacial score (nSPS) is 11.8. The van der Waals surface area contributed by atoms with Crippen LogP contribution in [0.2, 0.25) is 0 Å². The first-order valence-corrected chi connectivity index (χ1v) is 18.5. The number of carbonyl (C=O) groups is 3. The average Bonchev–Trinajstić information content (AvgIpc) is 3.00. The Morgan fingerprint density at radius 2 is 0.628 bits per heavy atom. The summed E-state index contributed by atoms with van der Waals surface area (Å²) in [5.74, 6) is -0.882. The molecule has 0 rings (SSSR count). The summed E-state index contributed by atoms with van der Waals surface area (Å²) in [4.78, 5) is 37.1. The number of unbranched alkanes of at least 4 members (excludes halogenated alkanes) is 22. The van der Waals surface area contributed by atoms with Gasteiger partial charge in [0.25, 0.3) is 0 Å². The van der Waals surface area contributed by atoms with E-state index >= 15 is 0 Å². The minimum Gasteiger partial charge on any atom is -0.462 e. The van der Waals surface area contributed by atoms with Crippen LogP contribution in [-0.4, -0.2) is 37.2 Å². The van der Waals surface area contributed by atoms with Crippen molar-refractivity contribution < 1.29 is 28.6 Å². The van der Waals surface area contributed by atoms with Gasteiger partial charge in [-0.25, -0.2) is 0 Å². The molecule has 0 amide bonds. The van der Waals surface area contributed by atoms with Crippen molar-refractivity contribution in [3.8, 4) is 0 Å². The fraction of sp³-hybridized carbons (Fsp3) is 0.919. The maximum absolute atomic E-state index is 12.5. The second-order valence-electron chi connectivity index (χ2n) is 12.5. The highest BCUT2D eigenvalue weighted by molar-refractivity contribution is 5.71. The van der Waals surface area contributed by atoms with E-state index in [0.29, 0.717) is 19.3 Å². The zero-order valence-electron chi connectivity index (χ0n) is 28.7. The molecule has 0 saturated heterocycles. The van der Waals surface area contributed by atoms with E-state index in [9.17, 15) is 14.4 Å². The third-order valence-corrected chi connectivity index (χ3v) is 8.11. The van der Waals surface area contributed by atoms with Gasteiger partial charge in [0.05, 0.1) is 0 Å². The van der Waals surface area contributed by atoms with Crippen molar-refractivity contribution in [1.82, 2.24) is 0 Å². The van der Waals surface area contributed by atoms with E-state index in [2.05, 4.69) is 20.8 Å². The molecule has 0 aromatic rings. The number of rotatable bonds is 33. The molecule has 0 aromatic carbocycles. The Labute approximate surface area is 266 Å². The molecule has 0 fully saturated rings. The summed E-state index contributed by atoms with van der Waals surface area (Å²) in [6.07, 6.45) is 29.7. The number of carbonyl (C=O) groups excluding carboxylic acids is 3. The molecule has 0 radical (unpaired) electrons. The lowest BCUT2D eigenvalue weighted by molar-refractivity contribution is -0.167. The van der Waals surface area contributed by atoms with E-state index < -0.39 is 6.10 Å². The third kappa shape index (κ3) is 31.6. The van der Waals surface area contributed by atoms with Crippen molar-refractivity contribution in [3.63, 3.8) is 0 Å². The number of hydrogen-bond acceptors (Lipinski definition) is 6. The van der Waals surface area contributed by atoms with Crippen LogP contribution in [0.25, 0.3) is 0 Å². The lowest BCUT2D eigenvalue weighted by Gasteiger charge is -2.18. The van der Waals surface area contributed by atoms with Crippen LogP contribution in [0.15, 0.2) is 0 Å². The van der Waals surface area contributed by atoms with Gasteiger partial charge in [-0.05, 0) is 19.3 Å². The molecule has 254 valence electrons. The minimum atomic E-state index is -0.753. The van der Waals surface area contributed by atoms with Gasteiger partial charge in [-0.3, -0.25) is 14.4 Å². The maximum atomic E-state index is 12.5. The Morgan fingerprint density at radius 3 is 0.930 bits per heavy atom. The van der Waals surface area contributed by atoms with Gasteiger partial charge in [0.1, 0.15) is 13.2 Å². The minimum absolute atomic E-state index is 0.0653. The summed E-state index contributed by atoms with van der Waals surface area (Å²) in [5.41, 5.74) is 0. The highest BCUT2D eigenvalue weighted by atomic mass is 16.6. The summed E-state index contributed by atoms with van der Waals surface area (Å²) >= 11 is 0. The second-order valence-corrected chi connectivity index (χ2v) is 12.5. The quantitative estimate of drug-likeness (QED) is 0.0418. The molecule has 0 saturated carbocycles. The second kappa shape index (κ2) is 33.3. The fourth-order valence-electron chi connectivity index (χ4n) is 5.26. The largest absolute Gasteiger partial charge is 0.462 e. The predicted octanol–water partition coefficient (Wildman–Crippen LogP) is 11.0. The number of esters is 3. The number of ether oxygens (including phenoxy) is 3. The molecule has 0 heterocycles. The van der Waals surface area contributed by atoms with Gasteiger partial charge >= 0.3 is 17.9 Å². The molecular formula is C37H70O6. The SMILES string of the molecule is CCCCCCCCCCCCC(=O)OCC(COC(=O)CCCCCCC)OC(=O)CCCCCCCCCCCC. The van der Waals surface area contributed by atoms with Gasteiger partial charge in [0.15, 0.2) is 6.10 Å². The number of hydrogen-bond donors (Lipinski definition) is 0. The van der Waals surface area contributed by atoms with Gasteiger partial charge in [-0.2, -0.15) is 0 Å². The van der Waals surface area contributed by atoms with Crippen molar-refractivity contribution in [1.29, 1.82) is 0 Å². The van der Waals surface area contributed by atoms with E-state index in [1.165, 1.54) is 96.3 Å². The Morgan fingerprint density at radius 1 is 0.372 bits per heavy atom. The van der Waals surface area contributed by atoms with Crippen LogP contribution < -0.4 is 0 Å². The lowest BCUT2D eigenvalue weighted by Crippen LogP contribution is -2.30. The van der Waals surface area contributed by atoms with E-state index in [1.807, 2.05) is 0 Å². The fourth-order valence-corrected chi connectivity index (χ4v) is 5.26. The highest BCUT2D eigenvalue weighted by Gasteiger charge is 2.19. The van der Waals surface area contributed by atoms with Gasteiger partial charge in [-0.15, -0.1) is 0 Å². The van der Waals surface area contributed by atoms with Crippen LogP contribution in [-0.2, 0) is 28.6 Å². The summed E-state index contributed by atoms with van der Waals surface area (Å²) in [7, 11) is 0. The summed E-state index contributed by atoms with van der Waals surface area (Å²) in [5, 5.41) is 0. The topological polar surface area (TPSA) is 78.9 Å². The Kier molecular flexibility index (Phi) is 32.1. The van der Waals surface area contributed by atoms with Crippen LogP contribution >= 0.6 is 0 Å². The smallest absolute Gasteiger partial charge is 0.306 e. The van der Waals surface area contributed by atoms with Gasteiger partial charge < -0.3 is 14.2 Å². The molecule has 6 nitrogen and oxygen atoms in total. The van der Waals surface area contributed by atoms with E-state index in [-0.39, 0.29) is 31.1 Å². The van der Waals surface area contributed by atoms with Crippen molar-refractivity contribution in [2.45, 2.75) is 207 Å². The summed E-state index contributed by atoms with van der Waals surface area (Å²) in [6, 6.07) is 0. The molecule has 0 aliphatic rings. The third-order valence-electron chi connectivity index (χ3n) is 8.11. The van der Waals surface area contributed by atoms with Crippen molar-refractivity contribution >= 4 is 17.9 Å². The van der Waals surface area contributed by atoms with Crippen LogP contribution in [0.5, 0.6) is 0 Å².